The van der Waals surface area contributed by atoms with Crippen LogP contribution in [0.4, 0.5) is 0 Å². The largest absolute Gasteiger partial charge is 0.506 e. The topological polar surface area (TPSA) is 70.9 Å². The highest BCUT2D eigenvalue weighted by Gasteiger charge is 2.07. The highest BCUT2D eigenvalue weighted by atomic mass is 79.9. The van der Waals surface area contributed by atoms with Gasteiger partial charge in [-0.3, -0.25) is 4.79 Å². The number of halogens is 2. The summed E-state index contributed by atoms with van der Waals surface area (Å²) in [5.74, 6) is -0.275. The minimum atomic E-state index is -0.328. The predicted octanol–water partition coefficient (Wildman–Crippen LogP) is 4.61. The monoisotopic (exact) mass is 468 g/mol. The van der Waals surface area contributed by atoms with Crippen LogP contribution < -0.4 is 5.43 Å². The van der Waals surface area contributed by atoms with Gasteiger partial charge in [0.25, 0.3) is 5.91 Å². The van der Waals surface area contributed by atoms with E-state index in [0.29, 0.717) is 22.2 Å². The number of amides is 1. The van der Waals surface area contributed by atoms with Crippen molar-refractivity contribution in [2.75, 3.05) is 6.61 Å². The van der Waals surface area contributed by atoms with Gasteiger partial charge >= 0.3 is 0 Å². The van der Waals surface area contributed by atoms with Gasteiger partial charge in [-0.1, -0.05) is 35.0 Å². The number of ether oxygens (including phenoxy) is 1. The second-order valence-corrected chi connectivity index (χ2v) is 7.04. The quantitative estimate of drug-likeness (QED) is 0.353. The van der Waals surface area contributed by atoms with Crippen molar-refractivity contribution in [3.05, 3.63) is 62.0 Å². The first-order chi connectivity index (χ1) is 12.0. The van der Waals surface area contributed by atoms with Crippen LogP contribution in [-0.4, -0.2) is 23.8 Å². The number of aromatic hydroxyl groups is 1. The van der Waals surface area contributed by atoms with Crippen molar-refractivity contribution in [3.8, 4) is 5.75 Å². The summed E-state index contributed by atoms with van der Waals surface area (Å²) >= 11 is 6.58. The number of phenols is 1. The third-order valence-electron chi connectivity index (χ3n) is 3.26. The first-order valence-corrected chi connectivity index (χ1v) is 9.28. The number of hydrogen-bond acceptors (Lipinski definition) is 4. The number of benzene rings is 2. The molecular formula is C18H18Br2N2O3. The molecule has 1 amide bonds. The van der Waals surface area contributed by atoms with Crippen LogP contribution in [0, 0.1) is 0 Å². The molecule has 7 heteroatoms. The standard InChI is InChI=1S/C18H18Br2N2O3/c1-2-7-25-11-12-3-5-13(6-4-12)18(24)22-21-10-14-8-15(19)9-16(20)17(14)23/h3-6,8-10,23H,2,7,11H2,1H3,(H,22,24). The van der Waals surface area contributed by atoms with Gasteiger partial charge < -0.3 is 9.84 Å². The van der Waals surface area contributed by atoms with Crippen molar-refractivity contribution in [3.63, 3.8) is 0 Å². The normalized spacial score (nSPS) is 11.0. The number of nitrogens with one attached hydrogen (secondary N) is 1. The van der Waals surface area contributed by atoms with Crippen LogP contribution in [0.2, 0.25) is 0 Å². The predicted molar refractivity (Wildman–Crippen MR) is 105 cm³/mol. The van der Waals surface area contributed by atoms with Gasteiger partial charge in [0.1, 0.15) is 5.75 Å². The Balaban J connectivity index is 1.96. The smallest absolute Gasteiger partial charge is 0.271 e. The molecule has 132 valence electrons. The molecular weight excluding hydrogens is 452 g/mol. The summed E-state index contributed by atoms with van der Waals surface area (Å²) in [5.41, 5.74) is 4.43. The maximum atomic E-state index is 12.1. The lowest BCUT2D eigenvalue weighted by atomic mass is 10.1. The van der Waals surface area contributed by atoms with Gasteiger partial charge in [0.05, 0.1) is 17.3 Å². The Labute approximate surface area is 163 Å². The molecule has 2 rings (SSSR count). The summed E-state index contributed by atoms with van der Waals surface area (Å²) in [6.45, 7) is 3.31. The maximum Gasteiger partial charge on any atom is 0.271 e. The summed E-state index contributed by atoms with van der Waals surface area (Å²) in [5, 5.41) is 13.8. The molecule has 0 spiro atoms. The van der Waals surface area contributed by atoms with Crippen LogP contribution in [-0.2, 0) is 11.3 Å². The third kappa shape index (κ3) is 5.95. The van der Waals surface area contributed by atoms with Gasteiger partial charge in [-0.05, 0) is 52.2 Å². The Hall–Kier alpha value is -1.70. The van der Waals surface area contributed by atoms with Crippen LogP contribution in [0.1, 0.15) is 34.8 Å². The van der Waals surface area contributed by atoms with Crippen molar-refractivity contribution >= 4 is 44.0 Å². The van der Waals surface area contributed by atoms with Crippen LogP contribution >= 0.6 is 31.9 Å². The van der Waals surface area contributed by atoms with E-state index < -0.39 is 0 Å². The van der Waals surface area contributed by atoms with E-state index in [1.54, 1.807) is 24.3 Å². The van der Waals surface area contributed by atoms with Crippen molar-refractivity contribution in [1.29, 1.82) is 0 Å². The van der Waals surface area contributed by atoms with Crippen LogP contribution in [0.15, 0.2) is 50.4 Å². The molecule has 2 N–H and O–H groups in total. The number of hydrogen-bond donors (Lipinski definition) is 2. The van der Waals surface area contributed by atoms with E-state index in [2.05, 4.69) is 49.3 Å². The SMILES string of the molecule is CCCOCc1ccc(C(=O)NN=Cc2cc(Br)cc(Br)c2O)cc1. The van der Waals surface area contributed by atoms with Gasteiger partial charge in [0.2, 0.25) is 0 Å². The van der Waals surface area contributed by atoms with Crippen LogP contribution in [0.5, 0.6) is 5.75 Å². The van der Waals surface area contributed by atoms with E-state index in [-0.39, 0.29) is 11.7 Å². The molecule has 0 fully saturated rings. The molecule has 5 nitrogen and oxygen atoms in total. The fraction of sp³-hybridized carbons (Fsp3) is 0.222. The second-order valence-electron chi connectivity index (χ2n) is 5.27. The van der Waals surface area contributed by atoms with Crippen molar-refractivity contribution in [1.82, 2.24) is 5.43 Å². The van der Waals surface area contributed by atoms with Gasteiger partial charge in [0.15, 0.2) is 0 Å². The number of nitrogens with zero attached hydrogens (tertiary/aromatic N) is 1. The minimum absolute atomic E-state index is 0.0534. The highest BCUT2D eigenvalue weighted by molar-refractivity contribution is 9.11. The van der Waals surface area contributed by atoms with E-state index in [0.717, 1.165) is 23.1 Å². The van der Waals surface area contributed by atoms with Crippen molar-refractivity contribution in [2.24, 2.45) is 5.10 Å². The number of phenolic OH excluding ortho intramolecular Hbond substituents is 1. The molecule has 2 aromatic carbocycles. The lowest BCUT2D eigenvalue weighted by molar-refractivity contribution is 0.0954. The Morgan fingerprint density at radius 1 is 1.28 bits per heavy atom. The molecule has 0 unspecified atom stereocenters. The van der Waals surface area contributed by atoms with Crippen LogP contribution in [0.25, 0.3) is 0 Å². The van der Waals surface area contributed by atoms with Crippen molar-refractivity contribution < 1.29 is 14.6 Å². The highest BCUT2D eigenvalue weighted by Crippen LogP contribution is 2.30. The summed E-state index contributed by atoms with van der Waals surface area (Å²) < 4.78 is 6.78. The molecule has 0 aliphatic carbocycles. The first kappa shape index (κ1) is 19.6. The van der Waals surface area contributed by atoms with Crippen molar-refractivity contribution in [2.45, 2.75) is 20.0 Å². The average Bonchev–Trinajstić information content (AvgIpc) is 2.59. The zero-order valence-corrected chi connectivity index (χ0v) is 16.8. The zero-order chi connectivity index (χ0) is 18.2. The van der Waals surface area contributed by atoms with E-state index in [1.165, 1.54) is 6.21 Å². The Morgan fingerprint density at radius 3 is 2.68 bits per heavy atom. The second kappa shape index (κ2) is 9.70. The van der Waals surface area contributed by atoms with E-state index in [4.69, 9.17) is 4.74 Å². The van der Waals surface area contributed by atoms with E-state index in [9.17, 15) is 9.90 Å². The molecule has 0 aromatic heterocycles. The summed E-state index contributed by atoms with van der Waals surface area (Å²) in [6, 6.07) is 10.6. The molecule has 2 aromatic rings. The summed E-state index contributed by atoms with van der Waals surface area (Å²) in [7, 11) is 0. The zero-order valence-electron chi connectivity index (χ0n) is 13.6. The Morgan fingerprint density at radius 2 is 2.00 bits per heavy atom. The first-order valence-electron chi connectivity index (χ1n) is 7.69. The molecule has 0 saturated heterocycles. The van der Waals surface area contributed by atoms with E-state index >= 15 is 0 Å². The Kier molecular flexibility index (Phi) is 7.61. The number of carbonyl (C=O) groups is 1. The average molecular weight is 470 g/mol. The van der Waals surface area contributed by atoms with E-state index in [1.807, 2.05) is 12.1 Å². The van der Waals surface area contributed by atoms with Gasteiger partial charge in [-0.2, -0.15) is 5.10 Å². The molecule has 25 heavy (non-hydrogen) atoms. The number of hydrazone groups is 1. The van der Waals surface area contributed by atoms with Gasteiger partial charge in [-0.25, -0.2) is 5.43 Å². The molecule has 0 saturated carbocycles. The fourth-order valence-corrected chi connectivity index (χ4v) is 3.25. The molecule has 0 aliphatic rings. The maximum absolute atomic E-state index is 12.1. The summed E-state index contributed by atoms with van der Waals surface area (Å²) in [4.78, 5) is 12.1. The van der Waals surface area contributed by atoms with Gasteiger partial charge in [0, 0.05) is 22.2 Å². The molecule has 0 heterocycles. The summed E-state index contributed by atoms with van der Waals surface area (Å²) in [6.07, 6.45) is 2.36. The minimum Gasteiger partial charge on any atom is -0.506 e. The van der Waals surface area contributed by atoms with Gasteiger partial charge in [-0.15, -0.1) is 0 Å². The number of rotatable bonds is 7. The Bertz CT molecular complexity index is 762. The molecule has 0 aliphatic heterocycles. The number of carbonyl (C=O) groups excluding carboxylic acids is 1. The fourth-order valence-electron chi connectivity index (χ4n) is 2.00. The lowest BCUT2D eigenvalue weighted by Gasteiger charge is -2.05. The van der Waals surface area contributed by atoms with Crippen LogP contribution in [0.3, 0.4) is 0 Å². The molecule has 0 radical (unpaired) electrons. The lowest BCUT2D eigenvalue weighted by Crippen LogP contribution is -2.17. The molecule has 0 atom stereocenters. The third-order valence-corrected chi connectivity index (χ3v) is 4.32. The molecule has 0 bridgehead atoms.